The van der Waals surface area contributed by atoms with Gasteiger partial charge in [0, 0.05) is 44.7 Å². The van der Waals surface area contributed by atoms with Gasteiger partial charge < -0.3 is 19.3 Å². The molecule has 1 aromatic carbocycles. The third-order valence-corrected chi connectivity index (χ3v) is 6.87. The molecule has 1 aliphatic carbocycles. The van der Waals surface area contributed by atoms with Crippen LogP contribution in [0, 0.1) is 5.92 Å². The fraction of sp³-hybridized carbons (Fsp3) is 0.625. The van der Waals surface area contributed by atoms with Crippen molar-refractivity contribution in [3.8, 4) is 11.5 Å². The number of hydrogen-bond donors (Lipinski definition) is 0. The van der Waals surface area contributed by atoms with Gasteiger partial charge in [-0.3, -0.25) is 14.2 Å². The fourth-order valence-electron chi connectivity index (χ4n) is 5.15. The predicted molar refractivity (Wildman–Crippen MR) is 123 cm³/mol. The van der Waals surface area contributed by atoms with E-state index < -0.39 is 0 Å². The van der Waals surface area contributed by atoms with Gasteiger partial charge in [0.25, 0.3) is 5.56 Å². The van der Waals surface area contributed by atoms with Crippen molar-refractivity contribution in [3.05, 3.63) is 22.5 Å². The normalized spacial score (nSPS) is 19.4. The molecule has 2 aliphatic heterocycles. The first-order valence-electron chi connectivity index (χ1n) is 12.0. The Kier molecular flexibility index (Phi) is 5.93. The smallest absolute Gasteiger partial charge is 0.262 e. The lowest BCUT2D eigenvalue weighted by Crippen LogP contribution is -2.51. The Labute approximate surface area is 188 Å². The van der Waals surface area contributed by atoms with E-state index in [-0.39, 0.29) is 11.5 Å². The molecule has 5 rings (SSSR count). The second-order valence-electron chi connectivity index (χ2n) is 9.03. The van der Waals surface area contributed by atoms with Crippen LogP contribution in [-0.2, 0) is 11.3 Å². The molecule has 1 saturated carbocycles. The SMILES string of the molecule is CCCn1c(N2CCN(C(=O)C3CCCCC3)CC2)nc2cc3c(cc2c1=O)OCCO3. The Morgan fingerprint density at radius 2 is 1.72 bits per heavy atom. The van der Waals surface area contributed by atoms with Crippen molar-refractivity contribution in [1.29, 1.82) is 0 Å². The molecule has 0 atom stereocenters. The van der Waals surface area contributed by atoms with Gasteiger partial charge in [0.2, 0.25) is 11.9 Å². The number of carbonyl (C=O) groups is 1. The number of rotatable bonds is 4. The number of fused-ring (bicyclic) bond motifs is 2. The largest absolute Gasteiger partial charge is 0.486 e. The molecule has 1 aromatic heterocycles. The van der Waals surface area contributed by atoms with Crippen LogP contribution in [0.15, 0.2) is 16.9 Å². The highest BCUT2D eigenvalue weighted by molar-refractivity contribution is 5.83. The molecule has 3 heterocycles. The van der Waals surface area contributed by atoms with Crippen molar-refractivity contribution in [1.82, 2.24) is 14.5 Å². The summed E-state index contributed by atoms with van der Waals surface area (Å²) in [4.78, 5) is 35.4. The fourth-order valence-corrected chi connectivity index (χ4v) is 5.15. The van der Waals surface area contributed by atoms with Gasteiger partial charge >= 0.3 is 0 Å². The van der Waals surface area contributed by atoms with Crippen LogP contribution in [0.3, 0.4) is 0 Å². The van der Waals surface area contributed by atoms with E-state index in [1.54, 1.807) is 10.6 Å². The summed E-state index contributed by atoms with van der Waals surface area (Å²) in [6.07, 6.45) is 6.47. The van der Waals surface area contributed by atoms with E-state index >= 15 is 0 Å². The molecule has 8 nitrogen and oxygen atoms in total. The zero-order chi connectivity index (χ0) is 22.1. The predicted octanol–water partition coefficient (Wildman–Crippen LogP) is 2.81. The first-order chi connectivity index (χ1) is 15.7. The number of anilines is 1. The van der Waals surface area contributed by atoms with E-state index in [9.17, 15) is 9.59 Å². The van der Waals surface area contributed by atoms with Crippen LogP contribution in [0.25, 0.3) is 10.9 Å². The summed E-state index contributed by atoms with van der Waals surface area (Å²) in [5, 5.41) is 0.553. The lowest BCUT2D eigenvalue weighted by atomic mass is 9.88. The van der Waals surface area contributed by atoms with Gasteiger partial charge in [0.1, 0.15) is 13.2 Å². The topological polar surface area (TPSA) is 76.9 Å². The molecule has 0 N–H and O–H groups in total. The van der Waals surface area contributed by atoms with Gasteiger partial charge in [-0.2, -0.15) is 0 Å². The van der Waals surface area contributed by atoms with Crippen molar-refractivity contribution in [2.24, 2.45) is 5.92 Å². The summed E-state index contributed by atoms with van der Waals surface area (Å²) >= 11 is 0. The first-order valence-corrected chi connectivity index (χ1v) is 12.0. The first kappa shape index (κ1) is 21.1. The molecule has 1 saturated heterocycles. The van der Waals surface area contributed by atoms with E-state index in [0.717, 1.165) is 19.3 Å². The van der Waals surface area contributed by atoms with Crippen molar-refractivity contribution in [3.63, 3.8) is 0 Å². The highest BCUT2D eigenvalue weighted by Gasteiger charge is 2.30. The van der Waals surface area contributed by atoms with Crippen molar-refractivity contribution in [2.75, 3.05) is 44.3 Å². The van der Waals surface area contributed by atoms with Gasteiger partial charge in [-0.1, -0.05) is 26.2 Å². The lowest BCUT2D eigenvalue weighted by molar-refractivity contribution is -0.136. The summed E-state index contributed by atoms with van der Waals surface area (Å²) < 4.78 is 13.1. The molecule has 0 bridgehead atoms. The lowest BCUT2D eigenvalue weighted by Gasteiger charge is -2.38. The molecule has 3 aliphatic rings. The third-order valence-electron chi connectivity index (χ3n) is 6.87. The quantitative estimate of drug-likeness (QED) is 0.728. The van der Waals surface area contributed by atoms with Crippen molar-refractivity contribution >= 4 is 22.8 Å². The molecule has 1 amide bonds. The number of benzene rings is 1. The molecule has 2 fully saturated rings. The van der Waals surface area contributed by atoms with E-state index in [4.69, 9.17) is 14.5 Å². The number of nitrogens with zero attached hydrogens (tertiary/aromatic N) is 4. The van der Waals surface area contributed by atoms with Gasteiger partial charge in [0.15, 0.2) is 11.5 Å². The maximum absolute atomic E-state index is 13.4. The van der Waals surface area contributed by atoms with E-state index in [1.807, 2.05) is 11.0 Å². The Hall–Kier alpha value is -2.77. The molecule has 32 heavy (non-hydrogen) atoms. The van der Waals surface area contributed by atoms with E-state index in [0.29, 0.717) is 80.2 Å². The number of aromatic nitrogens is 2. The summed E-state index contributed by atoms with van der Waals surface area (Å²) in [6.45, 7) is 6.37. The maximum atomic E-state index is 13.4. The second kappa shape index (κ2) is 9.00. The van der Waals surface area contributed by atoms with E-state index in [1.165, 1.54) is 19.3 Å². The van der Waals surface area contributed by atoms with Gasteiger partial charge in [-0.15, -0.1) is 0 Å². The van der Waals surface area contributed by atoms with Crippen LogP contribution >= 0.6 is 0 Å². The molecule has 0 unspecified atom stereocenters. The zero-order valence-electron chi connectivity index (χ0n) is 18.8. The molecule has 8 heteroatoms. The minimum Gasteiger partial charge on any atom is -0.486 e. The molecular weight excluding hydrogens is 408 g/mol. The third kappa shape index (κ3) is 3.91. The number of ether oxygens (including phenoxy) is 2. The molecule has 172 valence electrons. The minimum atomic E-state index is -0.0514. The Morgan fingerprint density at radius 3 is 2.41 bits per heavy atom. The van der Waals surface area contributed by atoms with Crippen LogP contribution in [0.1, 0.15) is 45.4 Å². The Balaban J connectivity index is 1.41. The van der Waals surface area contributed by atoms with Crippen LogP contribution in [0.2, 0.25) is 0 Å². The summed E-state index contributed by atoms with van der Waals surface area (Å²) in [5.74, 6) is 2.43. The number of piperazine rings is 1. The van der Waals surface area contributed by atoms with Gasteiger partial charge in [-0.25, -0.2) is 4.98 Å². The molecule has 2 aromatic rings. The van der Waals surface area contributed by atoms with Crippen LogP contribution in [0.4, 0.5) is 5.95 Å². The summed E-state index contributed by atoms with van der Waals surface area (Å²) in [7, 11) is 0. The van der Waals surface area contributed by atoms with Crippen LogP contribution < -0.4 is 19.9 Å². The minimum absolute atomic E-state index is 0.0514. The maximum Gasteiger partial charge on any atom is 0.262 e. The molecular formula is C24H32N4O4. The number of carbonyl (C=O) groups excluding carboxylic acids is 1. The monoisotopic (exact) mass is 440 g/mol. The molecule has 0 radical (unpaired) electrons. The highest BCUT2D eigenvalue weighted by atomic mass is 16.6. The zero-order valence-corrected chi connectivity index (χ0v) is 18.8. The number of amides is 1. The van der Waals surface area contributed by atoms with Crippen molar-refractivity contribution in [2.45, 2.75) is 52.0 Å². The van der Waals surface area contributed by atoms with E-state index in [2.05, 4.69) is 11.8 Å². The molecule has 0 spiro atoms. The van der Waals surface area contributed by atoms with Crippen LogP contribution in [0.5, 0.6) is 11.5 Å². The Morgan fingerprint density at radius 1 is 1.03 bits per heavy atom. The van der Waals surface area contributed by atoms with Gasteiger partial charge in [0.05, 0.1) is 10.9 Å². The summed E-state index contributed by atoms with van der Waals surface area (Å²) in [5.41, 5.74) is 0.576. The highest BCUT2D eigenvalue weighted by Crippen LogP contribution is 2.33. The number of hydrogen-bond acceptors (Lipinski definition) is 6. The average molecular weight is 441 g/mol. The standard InChI is InChI=1S/C24H32N4O4/c1-2-8-28-23(30)18-15-20-21(32-14-13-31-20)16-19(18)25-24(28)27-11-9-26(10-12-27)22(29)17-6-4-3-5-7-17/h15-17H,2-14H2,1H3. The summed E-state index contributed by atoms with van der Waals surface area (Å²) in [6, 6.07) is 3.57. The van der Waals surface area contributed by atoms with Gasteiger partial charge in [-0.05, 0) is 25.3 Å². The van der Waals surface area contributed by atoms with Crippen molar-refractivity contribution < 1.29 is 14.3 Å². The average Bonchev–Trinajstić information content (AvgIpc) is 2.85. The second-order valence-corrected chi connectivity index (χ2v) is 9.03. The Bertz CT molecular complexity index is 1050. The van der Waals surface area contributed by atoms with Crippen LogP contribution in [-0.4, -0.2) is 59.8 Å².